The molecule has 0 saturated carbocycles. The van der Waals surface area contributed by atoms with Crippen molar-refractivity contribution in [2.75, 3.05) is 17.2 Å². The number of nitrogens with zero attached hydrogens (tertiary/aromatic N) is 1. The predicted molar refractivity (Wildman–Crippen MR) is 50.2 cm³/mol. The van der Waals surface area contributed by atoms with Crippen LogP contribution in [0.25, 0.3) is 0 Å². The molecule has 1 aliphatic heterocycles. The molecule has 3 nitrogen and oxygen atoms in total. The van der Waals surface area contributed by atoms with Crippen molar-refractivity contribution in [2.24, 2.45) is 0 Å². The summed E-state index contributed by atoms with van der Waals surface area (Å²) < 4.78 is 5.12. The SMILES string of the molecule is Nc1cc(C2CCCSC2)on1. The van der Waals surface area contributed by atoms with E-state index in [0.29, 0.717) is 11.7 Å². The summed E-state index contributed by atoms with van der Waals surface area (Å²) in [5, 5.41) is 3.69. The second-order valence-corrected chi connectivity index (χ2v) is 4.22. The number of anilines is 1. The maximum Gasteiger partial charge on any atom is 0.167 e. The Morgan fingerprint density at radius 2 is 2.58 bits per heavy atom. The molecule has 1 aromatic heterocycles. The maximum absolute atomic E-state index is 5.47. The zero-order valence-corrected chi connectivity index (χ0v) is 7.64. The summed E-state index contributed by atoms with van der Waals surface area (Å²) in [4.78, 5) is 0. The molecule has 2 rings (SSSR count). The van der Waals surface area contributed by atoms with Crippen LogP contribution in [0.4, 0.5) is 5.82 Å². The van der Waals surface area contributed by atoms with Crippen LogP contribution >= 0.6 is 11.8 Å². The van der Waals surface area contributed by atoms with Crippen LogP contribution in [-0.4, -0.2) is 16.7 Å². The van der Waals surface area contributed by atoms with Gasteiger partial charge >= 0.3 is 0 Å². The second-order valence-electron chi connectivity index (χ2n) is 3.07. The molecule has 0 radical (unpaired) electrons. The largest absolute Gasteiger partial charge is 0.381 e. The Balaban J connectivity index is 2.08. The Morgan fingerprint density at radius 1 is 1.67 bits per heavy atom. The van der Waals surface area contributed by atoms with Gasteiger partial charge in [-0.05, 0) is 18.6 Å². The molecule has 0 spiro atoms. The molecule has 66 valence electrons. The van der Waals surface area contributed by atoms with Crippen molar-refractivity contribution in [1.29, 1.82) is 0 Å². The van der Waals surface area contributed by atoms with Crippen LogP contribution in [0.3, 0.4) is 0 Å². The zero-order valence-electron chi connectivity index (χ0n) is 6.82. The smallest absolute Gasteiger partial charge is 0.167 e. The number of nitrogen functional groups attached to an aromatic ring is 1. The van der Waals surface area contributed by atoms with Gasteiger partial charge in [0, 0.05) is 17.7 Å². The fourth-order valence-electron chi connectivity index (χ4n) is 1.46. The molecule has 1 atom stereocenters. The summed E-state index contributed by atoms with van der Waals surface area (Å²) in [5.74, 6) is 4.42. The van der Waals surface area contributed by atoms with Gasteiger partial charge in [0.1, 0.15) is 5.76 Å². The van der Waals surface area contributed by atoms with E-state index >= 15 is 0 Å². The molecule has 1 fully saturated rings. The van der Waals surface area contributed by atoms with E-state index in [9.17, 15) is 0 Å². The molecule has 1 aliphatic rings. The summed E-state index contributed by atoms with van der Waals surface area (Å²) in [6.45, 7) is 0. The van der Waals surface area contributed by atoms with E-state index in [1.807, 2.05) is 17.8 Å². The summed E-state index contributed by atoms with van der Waals surface area (Å²) in [7, 11) is 0. The van der Waals surface area contributed by atoms with Crippen molar-refractivity contribution in [2.45, 2.75) is 18.8 Å². The van der Waals surface area contributed by atoms with Crippen molar-refractivity contribution in [3.05, 3.63) is 11.8 Å². The first-order chi connectivity index (χ1) is 5.86. The fourth-order valence-corrected chi connectivity index (χ4v) is 2.61. The number of nitrogens with two attached hydrogens (primary N) is 1. The maximum atomic E-state index is 5.47. The minimum atomic E-state index is 0.501. The Morgan fingerprint density at radius 3 is 3.17 bits per heavy atom. The van der Waals surface area contributed by atoms with Crippen LogP contribution in [0, 0.1) is 0 Å². The lowest BCUT2D eigenvalue weighted by Gasteiger charge is -2.17. The van der Waals surface area contributed by atoms with Crippen LogP contribution in [-0.2, 0) is 0 Å². The lowest BCUT2D eigenvalue weighted by atomic mass is 10.0. The number of hydrogen-bond acceptors (Lipinski definition) is 4. The Hall–Kier alpha value is -0.640. The molecule has 0 bridgehead atoms. The highest BCUT2D eigenvalue weighted by Gasteiger charge is 2.19. The normalized spacial score (nSPS) is 24.2. The average molecular weight is 184 g/mol. The van der Waals surface area contributed by atoms with Gasteiger partial charge in [0.25, 0.3) is 0 Å². The van der Waals surface area contributed by atoms with E-state index in [2.05, 4.69) is 5.16 Å². The topological polar surface area (TPSA) is 52.0 Å². The lowest BCUT2D eigenvalue weighted by molar-refractivity contribution is 0.362. The van der Waals surface area contributed by atoms with Gasteiger partial charge in [0.15, 0.2) is 5.82 Å². The van der Waals surface area contributed by atoms with Gasteiger partial charge < -0.3 is 10.3 Å². The Labute approximate surface area is 75.7 Å². The summed E-state index contributed by atoms with van der Waals surface area (Å²) in [6, 6.07) is 1.84. The second kappa shape index (κ2) is 3.39. The summed E-state index contributed by atoms with van der Waals surface area (Å²) >= 11 is 1.98. The molecule has 2 heterocycles. The molecular formula is C8H12N2OS. The van der Waals surface area contributed by atoms with Gasteiger partial charge in [-0.1, -0.05) is 5.16 Å². The van der Waals surface area contributed by atoms with Crippen molar-refractivity contribution in [3.8, 4) is 0 Å². The fraction of sp³-hybridized carbons (Fsp3) is 0.625. The molecule has 4 heteroatoms. The summed E-state index contributed by atoms with van der Waals surface area (Å²) in [5.41, 5.74) is 5.47. The minimum Gasteiger partial charge on any atom is -0.381 e. The summed E-state index contributed by atoms with van der Waals surface area (Å²) in [6.07, 6.45) is 2.48. The third-order valence-corrected chi connectivity index (χ3v) is 3.32. The van der Waals surface area contributed by atoms with Crippen LogP contribution in [0.5, 0.6) is 0 Å². The molecule has 1 unspecified atom stereocenters. The van der Waals surface area contributed by atoms with Gasteiger partial charge in [0.2, 0.25) is 0 Å². The third-order valence-electron chi connectivity index (χ3n) is 2.11. The van der Waals surface area contributed by atoms with E-state index < -0.39 is 0 Å². The van der Waals surface area contributed by atoms with Crippen LogP contribution in [0.1, 0.15) is 24.5 Å². The van der Waals surface area contributed by atoms with Gasteiger partial charge in [-0.15, -0.1) is 0 Å². The van der Waals surface area contributed by atoms with Crippen molar-refractivity contribution < 1.29 is 4.52 Å². The first kappa shape index (κ1) is 7.98. The van der Waals surface area contributed by atoms with Gasteiger partial charge in [-0.2, -0.15) is 11.8 Å². The number of aromatic nitrogens is 1. The van der Waals surface area contributed by atoms with Gasteiger partial charge in [0.05, 0.1) is 0 Å². The first-order valence-corrected chi connectivity index (χ1v) is 5.31. The molecule has 0 amide bonds. The van der Waals surface area contributed by atoms with Crippen LogP contribution in [0.2, 0.25) is 0 Å². The zero-order chi connectivity index (χ0) is 8.39. The number of hydrogen-bond donors (Lipinski definition) is 1. The quantitative estimate of drug-likeness (QED) is 0.724. The van der Waals surface area contributed by atoms with E-state index in [1.165, 1.54) is 18.6 Å². The van der Waals surface area contributed by atoms with E-state index in [-0.39, 0.29) is 0 Å². The number of rotatable bonds is 1. The number of thioether (sulfide) groups is 1. The molecule has 2 N–H and O–H groups in total. The van der Waals surface area contributed by atoms with Crippen molar-refractivity contribution >= 4 is 17.6 Å². The predicted octanol–water partition coefficient (Wildman–Crippen LogP) is 1.87. The third kappa shape index (κ3) is 1.58. The monoisotopic (exact) mass is 184 g/mol. The highest BCUT2D eigenvalue weighted by atomic mass is 32.2. The van der Waals surface area contributed by atoms with E-state index in [1.54, 1.807) is 0 Å². The average Bonchev–Trinajstić information content (AvgIpc) is 2.54. The van der Waals surface area contributed by atoms with E-state index in [4.69, 9.17) is 10.3 Å². The van der Waals surface area contributed by atoms with E-state index in [0.717, 1.165) is 11.5 Å². The molecule has 12 heavy (non-hydrogen) atoms. The highest BCUT2D eigenvalue weighted by Crippen LogP contribution is 2.31. The standard InChI is InChI=1S/C8H12N2OS/c9-8-4-7(11-10-8)6-2-1-3-12-5-6/h4,6H,1-3,5H2,(H2,9,10). The highest BCUT2D eigenvalue weighted by molar-refractivity contribution is 7.99. The van der Waals surface area contributed by atoms with Crippen molar-refractivity contribution in [3.63, 3.8) is 0 Å². The molecule has 0 aromatic carbocycles. The van der Waals surface area contributed by atoms with Gasteiger partial charge in [-0.25, -0.2) is 0 Å². The Bertz CT molecular complexity index is 255. The van der Waals surface area contributed by atoms with Crippen LogP contribution < -0.4 is 5.73 Å². The molecule has 1 aromatic rings. The molecule has 0 aliphatic carbocycles. The minimum absolute atomic E-state index is 0.501. The van der Waals surface area contributed by atoms with Gasteiger partial charge in [-0.3, -0.25) is 0 Å². The van der Waals surface area contributed by atoms with Crippen LogP contribution in [0.15, 0.2) is 10.6 Å². The Kier molecular flexibility index (Phi) is 2.26. The molecule has 1 saturated heterocycles. The van der Waals surface area contributed by atoms with Crippen molar-refractivity contribution in [1.82, 2.24) is 5.16 Å². The molecular weight excluding hydrogens is 172 g/mol. The lowest BCUT2D eigenvalue weighted by Crippen LogP contribution is -2.07. The first-order valence-electron chi connectivity index (χ1n) is 4.16.